The molecule has 2 aromatic carbocycles. The lowest BCUT2D eigenvalue weighted by molar-refractivity contribution is 0.191. The summed E-state index contributed by atoms with van der Waals surface area (Å²) in [6.07, 6.45) is 0. The highest BCUT2D eigenvalue weighted by Crippen LogP contribution is 2.18. The fourth-order valence-corrected chi connectivity index (χ4v) is 1.77. The van der Waals surface area contributed by atoms with Gasteiger partial charge in [-0.1, -0.05) is 24.3 Å². The average molecular weight is 276 g/mol. The van der Waals surface area contributed by atoms with Crippen molar-refractivity contribution < 1.29 is 23.9 Å². The fraction of sp³-hybridized carbons (Fsp3) is 0.143. The zero-order chi connectivity index (χ0) is 14.4. The van der Waals surface area contributed by atoms with Gasteiger partial charge in [0.25, 0.3) is 0 Å². The number of hydrogen-bond acceptors (Lipinski definition) is 4. The summed E-state index contributed by atoms with van der Waals surface area (Å²) >= 11 is 0. The highest BCUT2D eigenvalue weighted by atomic mass is 19.1. The van der Waals surface area contributed by atoms with E-state index >= 15 is 0 Å². The lowest BCUT2D eigenvalue weighted by Gasteiger charge is -2.11. The van der Waals surface area contributed by atoms with Gasteiger partial charge in [0.1, 0.15) is 18.1 Å². The number of rotatable bonds is 6. The monoisotopic (exact) mass is 276 g/mol. The quantitative estimate of drug-likeness (QED) is 0.780. The van der Waals surface area contributed by atoms with Crippen LogP contribution in [0.25, 0.3) is 0 Å². The molecular weight excluding hydrogens is 262 g/mol. The van der Waals surface area contributed by atoms with Crippen LogP contribution in [0.1, 0.15) is 5.56 Å². The van der Waals surface area contributed by atoms with E-state index in [-0.39, 0.29) is 6.61 Å². The molecule has 0 unspecified atom stereocenters. The lowest BCUT2D eigenvalue weighted by atomic mass is 9.77. The maximum atomic E-state index is 12.0. The minimum Gasteiger partial charge on any atom is -0.489 e. The van der Waals surface area contributed by atoms with Crippen LogP contribution in [0.15, 0.2) is 48.5 Å². The third kappa shape index (κ3) is 3.72. The van der Waals surface area contributed by atoms with Crippen molar-refractivity contribution >= 4 is 12.6 Å². The summed E-state index contributed by atoms with van der Waals surface area (Å²) in [5.41, 5.74) is 1.09. The molecule has 0 fully saturated rings. The van der Waals surface area contributed by atoms with Gasteiger partial charge in [-0.25, -0.2) is 4.39 Å². The Balaban J connectivity index is 2.01. The molecule has 0 aliphatic heterocycles. The SMILES string of the molecule is OB(O)c1ccccc1COc1ccc(OCF)cc1. The topological polar surface area (TPSA) is 58.9 Å². The van der Waals surface area contributed by atoms with Crippen LogP contribution in [0.3, 0.4) is 0 Å². The largest absolute Gasteiger partial charge is 0.489 e. The van der Waals surface area contributed by atoms with Crippen LogP contribution in [0.2, 0.25) is 0 Å². The number of benzene rings is 2. The summed E-state index contributed by atoms with van der Waals surface area (Å²) in [6, 6.07) is 13.4. The Labute approximate surface area is 116 Å². The van der Waals surface area contributed by atoms with Gasteiger partial charge in [0, 0.05) is 0 Å². The highest BCUT2D eigenvalue weighted by Gasteiger charge is 2.15. The first-order valence-electron chi connectivity index (χ1n) is 6.06. The predicted molar refractivity (Wildman–Crippen MR) is 73.6 cm³/mol. The Kier molecular flexibility index (Phi) is 4.98. The molecule has 0 spiro atoms. The fourth-order valence-electron chi connectivity index (χ4n) is 1.77. The van der Waals surface area contributed by atoms with E-state index in [1.165, 1.54) is 0 Å². The van der Waals surface area contributed by atoms with Crippen molar-refractivity contribution in [3.05, 3.63) is 54.1 Å². The molecule has 6 heteroatoms. The Morgan fingerprint density at radius 1 is 0.900 bits per heavy atom. The van der Waals surface area contributed by atoms with Gasteiger partial charge in [0.2, 0.25) is 6.86 Å². The number of ether oxygens (including phenoxy) is 2. The normalized spacial score (nSPS) is 10.2. The molecule has 2 rings (SSSR count). The molecule has 2 N–H and O–H groups in total. The minimum absolute atomic E-state index is 0.205. The number of alkyl halides is 1. The molecule has 4 nitrogen and oxygen atoms in total. The van der Waals surface area contributed by atoms with E-state index in [0.717, 1.165) is 0 Å². The van der Waals surface area contributed by atoms with E-state index < -0.39 is 14.0 Å². The van der Waals surface area contributed by atoms with E-state index in [1.807, 2.05) is 0 Å². The van der Waals surface area contributed by atoms with Crippen LogP contribution in [0.5, 0.6) is 11.5 Å². The van der Waals surface area contributed by atoms with E-state index in [4.69, 9.17) is 4.74 Å². The first-order chi connectivity index (χ1) is 9.70. The Hall–Kier alpha value is -2.05. The molecule has 104 valence electrons. The summed E-state index contributed by atoms with van der Waals surface area (Å²) in [5.74, 6) is 1.00. The van der Waals surface area contributed by atoms with Crippen LogP contribution in [-0.4, -0.2) is 24.0 Å². The van der Waals surface area contributed by atoms with Gasteiger partial charge in [-0.05, 0) is 35.3 Å². The molecule has 0 saturated carbocycles. The molecular formula is C14H14BFO4. The first-order valence-corrected chi connectivity index (χ1v) is 6.06. The molecule has 2 aromatic rings. The van der Waals surface area contributed by atoms with Crippen molar-refractivity contribution in [3.63, 3.8) is 0 Å². The Morgan fingerprint density at radius 3 is 2.10 bits per heavy atom. The van der Waals surface area contributed by atoms with Gasteiger partial charge in [-0.15, -0.1) is 0 Å². The van der Waals surface area contributed by atoms with E-state index in [1.54, 1.807) is 48.5 Å². The highest BCUT2D eigenvalue weighted by molar-refractivity contribution is 6.59. The molecule has 0 aliphatic carbocycles. The smallest absolute Gasteiger partial charge is 0.488 e. The van der Waals surface area contributed by atoms with Crippen molar-refractivity contribution in [2.45, 2.75) is 6.61 Å². The van der Waals surface area contributed by atoms with Gasteiger partial charge in [-0.2, -0.15) is 0 Å². The number of halogens is 1. The van der Waals surface area contributed by atoms with E-state index in [2.05, 4.69) is 4.74 Å². The van der Waals surface area contributed by atoms with Gasteiger partial charge in [0.15, 0.2) is 0 Å². The van der Waals surface area contributed by atoms with Crippen LogP contribution in [0, 0.1) is 0 Å². The molecule has 0 amide bonds. The molecule has 0 atom stereocenters. The summed E-state index contributed by atoms with van der Waals surface area (Å²) in [5, 5.41) is 18.5. The van der Waals surface area contributed by atoms with Gasteiger partial charge >= 0.3 is 7.12 Å². The second-order valence-electron chi connectivity index (χ2n) is 4.09. The van der Waals surface area contributed by atoms with Crippen molar-refractivity contribution in [1.29, 1.82) is 0 Å². The van der Waals surface area contributed by atoms with E-state index in [9.17, 15) is 14.4 Å². The summed E-state index contributed by atoms with van der Waals surface area (Å²) in [6.45, 7) is -0.668. The molecule has 0 heterocycles. The van der Waals surface area contributed by atoms with Crippen LogP contribution in [-0.2, 0) is 6.61 Å². The third-order valence-electron chi connectivity index (χ3n) is 2.77. The standard InChI is InChI=1S/C14H14BFO4/c16-10-20-13-7-5-12(6-8-13)19-9-11-3-1-2-4-14(11)15(17)18/h1-8,17-18H,9-10H2. The Bertz CT molecular complexity index is 545. The molecule has 0 radical (unpaired) electrons. The maximum Gasteiger partial charge on any atom is 0.488 e. The predicted octanol–water partition coefficient (Wildman–Crippen LogP) is 1.25. The second-order valence-corrected chi connectivity index (χ2v) is 4.09. The molecule has 0 aromatic heterocycles. The molecule has 0 saturated heterocycles. The number of hydrogen-bond donors (Lipinski definition) is 2. The van der Waals surface area contributed by atoms with Crippen LogP contribution < -0.4 is 14.9 Å². The van der Waals surface area contributed by atoms with Gasteiger partial charge in [0.05, 0.1) is 0 Å². The summed E-state index contributed by atoms with van der Waals surface area (Å²) in [4.78, 5) is 0. The van der Waals surface area contributed by atoms with Crippen LogP contribution >= 0.6 is 0 Å². The second kappa shape index (κ2) is 6.93. The third-order valence-corrected chi connectivity index (χ3v) is 2.77. The Morgan fingerprint density at radius 2 is 1.50 bits per heavy atom. The molecule has 0 bridgehead atoms. The van der Waals surface area contributed by atoms with Gasteiger partial charge < -0.3 is 19.5 Å². The van der Waals surface area contributed by atoms with Gasteiger partial charge in [-0.3, -0.25) is 0 Å². The maximum absolute atomic E-state index is 12.0. The summed E-state index contributed by atoms with van der Waals surface area (Å²) < 4.78 is 22.2. The first kappa shape index (κ1) is 14.4. The van der Waals surface area contributed by atoms with Crippen molar-refractivity contribution in [2.24, 2.45) is 0 Å². The minimum atomic E-state index is -1.53. The molecule has 0 aliphatic rings. The van der Waals surface area contributed by atoms with Crippen molar-refractivity contribution in [3.8, 4) is 11.5 Å². The van der Waals surface area contributed by atoms with Crippen LogP contribution in [0.4, 0.5) is 4.39 Å². The zero-order valence-electron chi connectivity index (χ0n) is 10.7. The lowest BCUT2D eigenvalue weighted by Crippen LogP contribution is -2.33. The van der Waals surface area contributed by atoms with Crippen molar-refractivity contribution in [1.82, 2.24) is 0 Å². The zero-order valence-corrected chi connectivity index (χ0v) is 10.7. The van der Waals surface area contributed by atoms with Crippen molar-refractivity contribution in [2.75, 3.05) is 6.86 Å². The van der Waals surface area contributed by atoms with E-state index in [0.29, 0.717) is 22.5 Å². The molecule has 20 heavy (non-hydrogen) atoms. The average Bonchev–Trinajstić information content (AvgIpc) is 2.47. The summed E-state index contributed by atoms with van der Waals surface area (Å²) in [7, 11) is -1.53.